The summed E-state index contributed by atoms with van der Waals surface area (Å²) < 4.78 is 10.8. The van der Waals surface area contributed by atoms with E-state index in [0.29, 0.717) is 44.6 Å². The van der Waals surface area contributed by atoms with Gasteiger partial charge in [0.2, 0.25) is 0 Å². The van der Waals surface area contributed by atoms with Gasteiger partial charge in [0.15, 0.2) is 0 Å². The first-order chi connectivity index (χ1) is 19.4. The number of phenolic OH excluding ortho intramolecular Hbond substituents is 2. The highest BCUT2D eigenvalue weighted by Gasteiger charge is 2.26. The molecule has 0 aromatic heterocycles. The Kier molecular flexibility index (Phi) is 12.5. The summed E-state index contributed by atoms with van der Waals surface area (Å²) >= 11 is 0. The van der Waals surface area contributed by atoms with E-state index in [1.807, 2.05) is 45.0 Å². The molecule has 0 saturated carbocycles. The molecular formula is C36H54O6. The Morgan fingerprint density at radius 2 is 1.00 bits per heavy atom. The molecule has 0 amide bonds. The molecule has 0 saturated heterocycles. The highest BCUT2D eigenvalue weighted by atomic mass is 16.5. The van der Waals surface area contributed by atoms with E-state index >= 15 is 0 Å². The summed E-state index contributed by atoms with van der Waals surface area (Å²) in [5.41, 5.74) is 4.14. The van der Waals surface area contributed by atoms with Crippen LogP contribution in [0, 0.1) is 0 Å². The van der Waals surface area contributed by atoms with Crippen LogP contribution in [0.5, 0.6) is 11.5 Å². The Morgan fingerprint density at radius 3 is 1.43 bits per heavy atom. The summed E-state index contributed by atoms with van der Waals surface area (Å²) in [5.74, 6) is 0.198. The maximum Gasteiger partial charge on any atom is 0.306 e. The number of unbranched alkanes of at least 4 members (excludes halogenated alkanes) is 3. The van der Waals surface area contributed by atoms with Gasteiger partial charge in [0.05, 0.1) is 13.2 Å². The molecule has 6 nitrogen and oxygen atoms in total. The summed E-state index contributed by atoms with van der Waals surface area (Å²) in [6, 6.07) is 9.54. The van der Waals surface area contributed by atoms with Crippen LogP contribution in [0.25, 0.3) is 0 Å². The van der Waals surface area contributed by atoms with Gasteiger partial charge in [-0.05, 0) is 88.7 Å². The zero-order valence-electron chi connectivity index (χ0n) is 27.5. The number of aryl methyl sites for hydroxylation is 2. The van der Waals surface area contributed by atoms with Crippen molar-refractivity contribution in [1.29, 1.82) is 0 Å². The Bertz CT molecular complexity index is 1160. The molecular weight excluding hydrogens is 528 g/mol. The summed E-state index contributed by atoms with van der Waals surface area (Å²) in [6.45, 7) is 19.4. The summed E-state index contributed by atoms with van der Waals surface area (Å²) in [5, 5.41) is 21.0. The number of esters is 2. The zero-order chi connectivity index (χ0) is 31.7. The Balaban J connectivity index is 1.64. The second-order valence-electron chi connectivity index (χ2n) is 14.5. The number of hydrogen-bond acceptors (Lipinski definition) is 6. The SMILES string of the molecule is CC(C)(C)c1cc(CCC(=O)OCCCCCCOC(=O)CCc2cc(C(C)(C)C)c(O)c(C(C)(C)C)c2)ccc1O. The first kappa shape index (κ1) is 35.2. The lowest BCUT2D eigenvalue weighted by atomic mass is 9.78. The van der Waals surface area contributed by atoms with E-state index in [2.05, 4.69) is 41.5 Å². The minimum Gasteiger partial charge on any atom is -0.508 e. The molecule has 2 aromatic carbocycles. The molecule has 0 spiro atoms. The first-order valence-corrected chi connectivity index (χ1v) is 15.4. The minimum atomic E-state index is -0.216. The molecule has 0 aliphatic heterocycles. The van der Waals surface area contributed by atoms with Crippen LogP contribution in [-0.2, 0) is 48.1 Å². The lowest BCUT2D eigenvalue weighted by Crippen LogP contribution is -2.18. The number of aromatic hydroxyl groups is 2. The molecule has 0 heterocycles. The van der Waals surface area contributed by atoms with Crippen molar-refractivity contribution < 1.29 is 29.3 Å². The molecule has 0 bridgehead atoms. The van der Waals surface area contributed by atoms with Gasteiger partial charge in [-0.25, -0.2) is 0 Å². The van der Waals surface area contributed by atoms with E-state index in [4.69, 9.17) is 9.47 Å². The van der Waals surface area contributed by atoms with E-state index in [-0.39, 0.29) is 33.9 Å². The van der Waals surface area contributed by atoms with Crippen LogP contribution >= 0.6 is 0 Å². The number of carbonyl (C=O) groups is 2. The third-order valence-corrected chi connectivity index (χ3v) is 7.46. The van der Waals surface area contributed by atoms with E-state index in [9.17, 15) is 19.8 Å². The molecule has 0 unspecified atom stereocenters. The van der Waals surface area contributed by atoms with Crippen molar-refractivity contribution in [2.45, 2.75) is 130 Å². The average Bonchev–Trinajstić information content (AvgIpc) is 2.87. The Morgan fingerprint density at radius 1 is 0.595 bits per heavy atom. The first-order valence-electron chi connectivity index (χ1n) is 15.4. The molecule has 0 aliphatic carbocycles. The monoisotopic (exact) mass is 582 g/mol. The highest BCUT2D eigenvalue weighted by Crippen LogP contribution is 2.40. The van der Waals surface area contributed by atoms with Crippen LogP contribution in [0.1, 0.15) is 129 Å². The molecule has 6 heteroatoms. The van der Waals surface area contributed by atoms with E-state index in [1.54, 1.807) is 6.07 Å². The molecule has 42 heavy (non-hydrogen) atoms. The fourth-order valence-corrected chi connectivity index (χ4v) is 4.89. The van der Waals surface area contributed by atoms with Crippen LogP contribution in [0.4, 0.5) is 0 Å². The van der Waals surface area contributed by atoms with Gasteiger partial charge in [-0.15, -0.1) is 0 Å². The summed E-state index contributed by atoms with van der Waals surface area (Å²) in [7, 11) is 0. The number of phenols is 2. The van der Waals surface area contributed by atoms with Crippen molar-refractivity contribution in [3.05, 3.63) is 58.1 Å². The molecule has 2 N–H and O–H groups in total. The lowest BCUT2D eigenvalue weighted by molar-refractivity contribution is -0.145. The van der Waals surface area contributed by atoms with E-state index in [0.717, 1.165) is 53.5 Å². The fourth-order valence-electron chi connectivity index (χ4n) is 4.89. The Hall–Kier alpha value is -3.02. The second-order valence-corrected chi connectivity index (χ2v) is 14.5. The number of carbonyl (C=O) groups excluding carboxylic acids is 2. The minimum absolute atomic E-state index is 0.167. The molecule has 2 aromatic rings. The predicted molar refractivity (Wildman–Crippen MR) is 169 cm³/mol. The molecule has 0 fully saturated rings. The number of benzene rings is 2. The smallest absolute Gasteiger partial charge is 0.306 e. The van der Waals surface area contributed by atoms with Crippen LogP contribution in [0.15, 0.2) is 30.3 Å². The number of rotatable bonds is 13. The summed E-state index contributed by atoms with van der Waals surface area (Å²) in [4.78, 5) is 24.5. The van der Waals surface area contributed by atoms with Crippen molar-refractivity contribution in [3.8, 4) is 11.5 Å². The van der Waals surface area contributed by atoms with Crippen molar-refractivity contribution in [3.63, 3.8) is 0 Å². The standard InChI is InChI=1S/C36H54O6/c1-34(2,3)27-22-25(14-17-30(27)37)15-18-31(38)41-20-12-10-11-13-21-42-32(39)19-16-26-23-28(35(4,5)6)33(40)29(24-26)36(7,8)9/h14,17,22-24,37,40H,10-13,15-16,18-21H2,1-9H3. The maximum absolute atomic E-state index is 12.4. The Labute approximate surface area is 253 Å². The van der Waals surface area contributed by atoms with Gasteiger partial charge in [0.1, 0.15) is 11.5 Å². The van der Waals surface area contributed by atoms with Crippen molar-refractivity contribution in [2.24, 2.45) is 0 Å². The van der Waals surface area contributed by atoms with Gasteiger partial charge in [0, 0.05) is 12.8 Å². The van der Waals surface area contributed by atoms with Gasteiger partial charge >= 0.3 is 11.9 Å². The average molecular weight is 583 g/mol. The van der Waals surface area contributed by atoms with Gasteiger partial charge in [0.25, 0.3) is 0 Å². The van der Waals surface area contributed by atoms with Gasteiger partial charge < -0.3 is 19.7 Å². The number of hydrogen-bond donors (Lipinski definition) is 2. The highest BCUT2D eigenvalue weighted by molar-refractivity contribution is 5.70. The number of ether oxygens (including phenoxy) is 2. The van der Waals surface area contributed by atoms with Crippen LogP contribution in [0.2, 0.25) is 0 Å². The van der Waals surface area contributed by atoms with Crippen LogP contribution in [-0.4, -0.2) is 35.4 Å². The van der Waals surface area contributed by atoms with Gasteiger partial charge in [-0.1, -0.05) is 86.6 Å². The fraction of sp³-hybridized carbons (Fsp3) is 0.611. The normalized spacial score (nSPS) is 12.3. The zero-order valence-corrected chi connectivity index (χ0v) is 27.5. The largest absolute Gasteiger partial charge is 0.508 e. The van der Waals surface area contributed by atoms with Crippen LogP contribution in [0.3, 0.4) is 0 Å². The molecule has 0 radical (unpaired) electrons. The third kappa shape index (κ3) is 11.3. The van der Waals surface area contributed by atoms with Gasteiger partial charge in [-0.2, -0.15) is 0 Å². The predicted octanol–water partition coefficient (Wildman–Crippen LogP) is 8.20. The topological polar surface area (TPSA) is 93.1 Å². The molecule has 0 aliphatic rings. The van der Waals surface area contributed by atoms with Crippen LogP contribution < -0.4 is 0 Å². The van der Waals surface area contributed by atoms with E-state index in [1.165, 1.54) is 0 Å². The quantitative estimate of drug-likeness (QED) is 0.183. The third-order valence-electron chi connectivity index (χ3n) is 7.46. The second kappa shape index (κ2) is 14.9. The summed E-state index contributed by atoms with van der Waals surface area (Å²) in [6.07, 6.45) is 5.11. The van der Waals surface area contributed by atoms with E-state index < -0.39 is 0 Å². The molecule has 0 atom stereocenters. The van der Waals surface area contributed by atoms with Crippen molar-refractivity contribution >= 4 is 11.9 Å². The molecule has 234 valence electrons. The van der Waals surface area contributed by atoms with Crippen molar-refractivity contribution in [2.75, 3.05) is 13.2 Å². The maximum atomic E-state index is 12.4. The lowest BCUT2D eigenvalue weighted by Gasteiger charge is -2.28. The van der Waals surface area contributed by atoms with Crippen molar-refractivity contribution in [1.82, 2.24) is 0 Å². The van der Waals surface area contributed by atoms with Gasteiger partial charge in [-0.3, -0.25) is 9.59 Å². The molecule has 2 rings (SSSR count).